The Balaban J connectivity index is 1.74. The molecule has 0 spiro atoms. The highest BCUT2D eigenvalue weighted by molar-refractivity contribution is 6.04. The number of carbonyl (C=O) groups excluding carboxylic acids is 1. The lowest BCUT2D eigenvalue weighted by molar-refractivity contribution is -0.385. The second kappa shape index (κ2) is 8.26. The molecular formula is C19H19N3O4. The Morgan fingerprint density at radius 2 is 1.81 bits per heavy atom. The summed E-state index contributed by atoms with van der Waals surface area (Å²) >= 11 is 0. The van der Waals surface area contributed by atoms with Gasteiger partial charge in [0.1, 0.15) is 0 Å². The van der Waals surface area contributed by atoms with Crippen LogP contribution in [0.3, 0.4) is 0 Å². The summed E-state index contributed by atoms with van der Waals surface area (Å²) in [6, 6.07) is 13.9. The average Bonchev–Trinajstić information content (AvgIpc) is 2.67. The number of nitrogens with zero attached hydrogens (tertiary/aromatic N) is 2. The van der Waals surface area contributed by atoms with E-state index in [1.807, 2.05) is 24.3 Å². The molecule has 1 N–H and O–H groups in total. The Morgan fingerprint density at radius 3 is 2.58 bits per heavy atom. The van der Waals surface area contributed by atoms with Gasteiger partial charge in [-0.25, -0.2) is 0 Å². The second-order valence-corrected chi connectivity index (χ2v) is 5.76. The number of benzene rings is 2. The Morgan fingerprint density at radius 1 is 1.12 bits per heavy atom. The molecule has 7 nitrogen and oxygen atoms in total. The fraction of sp³-hybridized carbons (Fsp3) is 0.211. The van der Waals surface area contributed by atoms with Gasteiger partial charge in [-0.1, -0.05) is 24.3 Å². The molecule has 3 rings (SSSR count). The zero-order chi connectivity index (χ0) is 18.4. The van der Waals surface area contributed by atoms with Gasteiger partial charge in [0.05, 0.1) is 35.1 Å². The summed E-state index contributed by atoms with van der Waals surface area (Å²) in [6.07, 6.45) is 2.75. The summed E-state index contributed by atoms with van der Waals surface area (Å²) in [5.74, 6) is -0.344. The zero-order valence-corrected chi connectivity index (χ0v) is 14.1. The monoisotopic (exact) mass is 353 g/mol. The first-order chi connectivity index (χ1) is 12.6. The third-order valence-corrected chi connectivity index (χ3v) is 4.06. The minimum absolute atomic E-state index is 0.0368. The number of rotatable bonds is 5. The van der Waals surface area contributed by atoms with Crippen molar-refractivity contribution in [3.63, 3.8) is 0 Å². The van der Waals surface area contributed by atoms with Crippen LogP contribution in [0.1, 0.15) is 5.56 Å². The third kappa shape index (κ3) is 4.25. The van der Waals surface area contributed by atoms with Crippen LogP contribution < -0.4 is 10.2 Å². The summed E-state index contributed by atoms with van der Waals surface area (Å²) in [6.45, 7) is 2.83. The number of nitro benzene ring substituents is 1. The number of hydrogen-bond donors (Lipinski definition) is 1. The average molecular weight is 353 g/mol. The molecule has 0 aromatic heterocycles. The van der Waals surface area contributed by atoms with Crippen molar-refractivity contribution in [2.45, 2.75) is 0 Å². The molecule has 7 heteroatoms. The van der Waals surface area contributed by atoms with E-state index < -0.39 is 4.92 Å². The van der Waals surface area contributed by atoms with Crippen LogP contribution in [-0.4, -0.2) is 37.1 Å². The number of morpholine rings is 1. The van der Waals surface area contributed by atoms with Gasteiger partial charge in [-0.05, 0) is 24.3 Å². The van der Waals surface area contributed by atoms with E-state index in [1.165, 1.54) is 18.2 Å². The van der Waals surface area contributed by atoms with Gasteiger partial charge in [-0.2, -0.15) is 0 Å². The van der Waals surface area contributed by atoms with E-state index >= 15 is 0 Å². The zero-order valence-electron chi connectivity index (χ0n) is 14.1. The van der Waals surface area contributed by atoms with Crippen molar-refractivity contribution in [1.82, 2.24) is 0 Å². The van der Waals surface area contributed by atoms with Gasteiger partial charge >= 0.3 is 0 Å². The minimum Gasteiger partial charge on any atom is -0.378 e. The molecular weight excluding hydrogens is 334 g/mol. The van der Waals surface area contributed by atoms with Crippen molar-refractivity contribution < 1.29 is 14.5 Å². The largest absolute Gasteiger partial charge is 0.378 e. The van der Waals surface area contributed by atoms with E-state index in [-0.39, 0.29) is 11.6 Å². The maximum atomic E-state index is 12.3. The predicted molar refractivity (Wildman–Crippen MR) is 100 cm³/mol. The van der Waals surface area contributed by atoms with Crippen molar-refractivity contribution in [2.24, 2.45) is 0 Å². The highest BCUT2D eigenvalue weighted by Gasteiger charge is 2.15. The molecule has 0 radical (unpaired) electrons. The Kier molecular flexibility index (Phi) is 5.60. The maximum absolute atomic E-state index is 12.3. The molecule has 1 saturated heterocycles. The van der Waals surface area contributed by atoms with Gasteiger partial charge in [0, 0.05) is 25.2 Å². The molecule has 134 valence electrons. The number of hydrogen-bond acceptors (Lipinski definition) is 5. The quantitative estimate of drug-likeness (QED) is 0.507. The molecule has 26 heavy (non-hydrogen) atoms. The molecule has 1 aliphatic heterocycles. The number of ether oxygens (including phenoxy) is 1. The van der Waals surface area contributed by atoms with Crippen LogP contribution in [0.4, 0.5) is 17.1 Å². The van der Waals surface area contributed by atoms with Crippen LogP contribution in [0.15, 0.2) is 54.6 Å². The number of para-hydroxylation sites is 3. The van der Waals surface area contributed by atoms with Gasteiger partial charge in [-0.15, -0.1) is 0 Å². The van der Waals surface area contributed by atoms with Crippen LogP contribution >= 0.6 is 0 Å². The lowest BCUT2D eigenvalue weighted by Crippen LogP contribution is -2.36. The summed E-state index contributed by atoms with van der Waals surface area (Å²) in [5.41, 5.74) is 1.98. The molecule has 0 saturated carbocycles. The molecule has 0 unspecified atom stereocenters. The molecule has 2 aromatic rings. The first-order valence-electron chi connectivity index (χ1n) is 8.29. The van der Waals surface area contributed by atoms with Crippen molar-refractivity contribution >= 4 is 29.0 Å². The van der Waals surface area contributed by atoms with E-state index in [0.717, 1.165) is 18.8 Å². The van der Waals surface area contributed by atoms with E-state index in [9.17, 15) is 14.9 Å². The molecule has 0 aliphatic carbocycles. The van der Waals surface area contributed by atoms with Gasteiger partial charge < -0.3 is 15.0 Å². The normalized spacial score (nSPS) is 14.4. The highest BCUT2D eigenvalue weighted by Crippen LogP contribution is 2.26. The van der Waals surface area contributed by atoms with E-state index in [4.69, 9.17) is 4.74 Å². The molecule has 1 fully saturated rings. The van der Waals surface area contributed by atoms with E-state index in [0.29, 0.717) is 24.5 Å². The lowest BCUT2D eigenvalue weighted by atomic mass is 10.1. The standard InChI is InChI=1S/C19H19N3O4/c23-19(10-9-15-5-1-3-7-17(15)22(24)25)20-16-6-2-4-8-18(16)21-11-13-26-14-12-21/h1-10H,11-14H2,(H,20,23)/b10-9-. The first-order valence-corrected chi connectivity index (χ1v) is 8.29. The Bertz CT molecular complexity index is 829. The van der Waals surface area contributed by atoms with E-state index in [1.54, 1.807) is 18.2 Å². The minimum atomic E-state index is -0.467. The van der Waals surface area contributed by atoms with Crippen LogP contribution in [0, 0.1) is 10.1 Å². The second-order valence-electron chi connectivity index (χ2n) is 5.76. The number of nitro groups is 1. The van der Waals surface area contributed by atoms with E-state index in [2.05, 4.69) is 10.2 Å². The van der Waals surface area contributed by atoms with Crippen molar-refractivity contribution in [2.75, 3.05) is 36.5 Å². The summed E-state index contributed by atoms with van der Waals surface area (Å²) in [4.78, 5) is 25.0. The molecule has 1 amide bonds. The first kappa shape index (κ1) is 17.6. The SMILES string of the molecule is O=C(/C=C\c1ccccc1[N+](=O)[O-])Nc1ccccc1N1CCOCC1. The van der Waals surface area contributed by atoms with Crippen LogP contribution in [0.25, 0.3) is 6.08 Å². The number of nitrogens with one attached hydrogen (secondary N) is 1. The molecule has 1 heterocycles. The lowest BCUT2D eigenvalue weighted by Gasteiger charge is -2.30. The number of amides is 1. The topological polar surface area (TPSA) is 84.7 Å². The van der Waals surface area contributed by atoms with Crippen LogP contribution in [0.2, 0.25) is 0 Å². The van der Waals surface area contributed by atoms with Crippen molar-refractivity contribution in [3.05, 3.63) is 70.3 Å². The van der Waals surface area contributed by atoms with Crippen LogP contribution in [0.5, 0.6) is 0 Å². The third-order valence-electron chi connectivity index (χ3n) is 4.06. The summed E-state index contributed by atoms with van der Waals surface area (Å²) < 4.78 is 5.37. The van der Waals surface area contributed by atoms with Gasteiger partial charge in [0.2, 0.25) is 5.91 Å². The molecule has 2 aromatic carbocycles. The number of carbonyl (C=O) groups is 1. The highest BCUT2D eigenvalue weighted by atomic mass is 16.6. The van der Waals surface area contributed by atoms with Gasteiger partial charge in [-0.3, -0.25) is 14.9 Å². The molecule has 1 aliphatic rings. The number of anilines is 2. The molecule has 0 bridgehead atoms. The fourth-order valence-electron chi connectivity index (χ4n) is 2.79. The van der Waals surface area contributed by atoms with Gasteiger partial charge in [0.15, 0.2) is 0 Å². The summed E-state index contributed by atoms with van der Waals surface area (Å²) in [5, 5.41) is 13.9. The molecule has 0 atom stereocenters. The predicted octanol–water partition coefficient (Wildman–Crippen LogP) is 3.08. The summed E-state index contributed by atoms with van der Waals surface area (Å²) in [7, 11) is 0. The Hall–Kier alpha value is -3.19. The smallest absolute Gasteiger partial charge is 0.276 e. The van der Waals surface area contributed by atoms with Crippen molar-refractivity contribution in [3.8, 4) is 0 Å². The van der Waals surface area contributed by atoms with Gasteiger partial charge in [0.25, 0.3) is 5.69 Å². The maximum Gasteiger partial charge on any atom is 0.276 e. The van der Waals surface area contributed by atoms with Crippen molar-refractivity contribution in [1.29, 1.82) is 0 Å². The van der Waals surface area contributed by atoms with Crippen LogP contribution in [-0.2, 0) is 9.53 Å². The fourth-order valence-corrected chi connectivity index (χ4v) is 2.79. The Labute approximate surface area is 151 Å².